The Hall–Kier alpha value is -1.30. The number of morpholine rings is 1. The van der Waals surface area contributed by atoms with E-state index in [-0.39, 0.29) is 6.10 Å². The number of anilines is 1. The SMILES string of the molecule is N#CCCCSc1nnc(N2CCOCC2)n1C[C@@H]1CCCO1. The molecular formula is C15H23N5O2S. The van der Waals surface area contributed by atoms with Crippen molar-refractivity contribution >= 4 is 17.7 Å². The summed E-state index contributed by atoms with van der Waals surface area (Å²) in [5, 5.41) is 18.4. The number of nitriles is 1. The number of hydrogen-bond donors (Lipinski definition) is 0. The third-order valence-electron chi connectivity index (χ3n) is 4.07. The lowest BCUT2D eigenvalue weighted by molar-refractivity contribution is 0.0942. The highest BCUT2D eigenvalue weighted by molar-refractivity contribution is 7.99. The van der Waals surface area contributed by atoms with Gasteiger partial charge in [-0.05, 0) is 19.3 Å². The molecule has 1 aromatic rings. The van der Waals surface area contributed by atoms with Crippen LogP contribution in [-0.4, -0.2) is 59.5 Å². The smallest absolute Gasteiger partial charge is 0.228 e. The van der Waals surface area contributed by atoms with Crippen LogP contribution >= 0.6 is 11.8 Å². The van der Waals surface area contributed by atoms with Gasteiger partial charge < -0.3 is 14.4 Å². The van der Waals surface area contributed by atoms with E-state index in [2.05, 4.69) is 25.7 Å². The van der Waals surface area contributed by atoms with Crippen molar-refractivity contribution < 1.29 is 9.47 Å². The topological polar surface area (TPSA) is 76.2 Å². The van der Waals surface area contributed by atoms with Gasteiger partial charge in [0.25, 0.3) is 0 Å². The van der Waals surface area contributed by atoms with Crippen LogP contribution in [0.1, 0.15) is 25.7 Å². The summed E-state index contributed by atoms with van der Waals surface area (Å²) in [6.45, 7) is 4.82. The van der Waals surface area contributed by atoms with Gasteiger partial charge in [-0.25, -0.2) is 0 Å². The van der Waals surface area contributed by atoms with Gasteiger partial charge in [0.2, 0.25) is 5.95 Å². The van der Waals surface area contributed by atoms with Gasteiger partial charge in [0.15, 0.2) is 5.16 Å². The van der Waals surface area contributed by atoms with Crippen molar-refractivity contribution in [3.63, 3.8) is 0 Å². The molecule has 2 fully saturated rings. The molecule has 8 heteroatoms. The van der Waals surface area contributed by atoms with Gasteiger partial charge in [-0.15, -0.1) is 10.2 Å². The molecule has 23 heavy (non-hydrogen) atoms. The second-order valence-corrected chi connectivity index (χ2v) is 6.80. The predicted molar refractivity (Wildman–Crippen MR) is 87.6 cm³/mol. The second-order valence-electron chi connectivity index (χ2n) is 5.74. The summed E-state index contributed by atoms with van der Waals surface area (Å²) in [7, 11) is 0. The first-order chi connectivity index (χ1) is 11.4. The molecule has 126 valence electrons. The van der Waals surface area contributed by atoms with Crippen LogP contribution in [0.15, 0.2) is 5.16 Å². The van der Waals surface area contributed by atoms with Crippen LogP contribution in [0.25, 0.3) is 0 Å². The molecule has 1 atom stereocenters. The molecule has 0 saturated carbocycles. The summed E-state index contributed by atoms with van der Waals surface area (Å²) >= 11 is 1.68. The maximum Gasteiger partial charge on any atom is 0.228 e. The highest BCUT2D eigenvalue weighted by atomic mass is 32.2. The van der Waals surface area contributed by atoms with Crippen LogP contribution in [0.3, 0.4) is 0 Å². The molecule has 0 N–H and O–H groups in total. The van der Waals surface area contributed by atoms with E-state index in [9.17, 15) is 0 Å². The summed E-state index contributed by atoms with van der Waals surface area (Å²) in [5.41, 5.74) is 0. The largest absolute Gasteiger partial charge is 0.378 e. The van der Waals surface area contributed by atoms with Crippen LogP contribution < -0.4 is 4.90 Å². The van der Waals surface area contributed by atoms with Gasteiger partial charge >= 0.3 is 0 Å². The molecule has 7 nitrogen and oxygen atoms in total. The zero-order valence-corrected chi connectivity index (χ0v) is 14.1. The molecule has 0 amide bonds. The molecule has 0 aromatic carbocycles. The van der Waals surface area contributed by atoms with Gasteiger partial charge in [0.05, 0.1) is 31.9 Å². The lowest BCUT2D eigenvalue weighted by Crippen LogP contribution is -2.38. The average Bonchev–Trinajstić information content (AvgIpc) is 3.23. The molecule has 2 saturated heterocycles. The first-order valence-corrected chi connectivity index (χ1v) is 9.24. The maximum atomic E-state index is 8.65. The fourth-order valence-electron chi connectivity index (χ4n) is 2.85. The minimum atomic E-state index is 0.254. The van der Waals surface area contributed by atoms with E-state index in [1.54, 1.807) is 11.8 Å². The molecule has 1 aromatic heterocycles. The lowest BCUT2D eigenvalue weighted by Gasteiger charge is -2.28. The van der Waals surface area contributed by atoms with E-state index < -0.39 is 0 Å². The van der Waals surface area contributed by atoms with Crippen molar-refractivity contribution in [2.75, 3.05) is 43.6 Å². The summed E-state index contributed by atoms with van der Waals surface area (Å²) < 4.78 is 13.4. The van der Waals surface area contributed by atoms with Crippen molar-refractivity contribution in [2.45, 2.75) is 43.5 Å². The first-order valence-electron chi connectivity index (χ1n) is 8.25. The van der Waals surface area contributed by atoms with E-state index in [1.807, 2.05) is 0 Å². The molecule has 0 radical (unpaired) electrons. The molecule has 3 rings (SSSR count). The van der Waals surface area contributed by atoms with Crippen molar-refractivity contribution in [1.29, 1.82) is 5.26 Å². The Morgan fingerprint density at radius 3 is 2.87 bits per heavy atom. The van der Waals surface area contributed by atoms with Gasteiger partial charge in [-0.3, -0.25) is 4.57 Å². The van der Waals surface area contributed by atoms with E-state index in [0.717, 1.165) is 75.6 Å². The van der Waals surface area contributed by atoms with Crippen molar-refractivity contribution in [1.82, 2.24) is 14.8 Å². The van der Waals surface area contributed by atoms with Crippen LogP contribution in [0.4, 0.5) is 5.95 Å². The van der Waals surface area contributed by atoms with Gasteiger partial charge in [-0.2, -0.15) is 5.26 Å². The quantitative estimate of drug-likeness (QED) is 0.553. The van der Waals surface area contributed by atoms with Crippen LogP contribution in [0.5, 0.6) is 0 Å². The van der Waals surface area contributed by atoms with E-state index in [4.69, 9.17) is 14.7 Å². The zero-order valence-electron chi connectivity index (χ0n) is 13.3. The predicted octanol–water partition coefficient (Wildman–Crippen LogP) is 1.69. The standard InChI is InChI=1S/C15H23N5O2S/c16-5-1-2-11-23-15-18-17-14(19-6-9-21-10-7-19)20(15)12-13-4-3-8-22-13/h13H,1-4,6-12H2/t13-/m0/s1. The monoisotopic (exact) mass is 337 g/mol. The number of hydrogen-bond acceptors (Lipinski definition) is 7. The normalized spacial score (nSPS) is 21.5. The fraction of sp³-hybridized carbons (Fsp3) is 0.800. The minimum absolute atomic E-state index is 0.254. The van der Waals surface area contributed by atoms with Crippen molar-refractivity contribution in [3.05, 3.63) is 0 Å². The molecular weight excluding hydrogens is 314 g/mol. The fourth-order valence-corrected chi connectivity index (χ4v) is 3.73. The average molecular weight is 337 g/mol. The Kier molecular flexibility index (Phi) is 6.13. The molecule has 3 heterocycles. The number of thioether (sulfide) groups is 1. The van der Waals surface area contributed by atoms with Crippen LogP contribution in [-0.2, 0) is 16.0 Å². The lowest BCUT2D eigenvalue weighted by atomic mass is 10.2. The van der Waals surface area contributed by atoms with Crippen molar-refractivity contribution in [2.24, 2.45) is 0 Å². The number of nitrogens with zero attached hydrogens (tertiary/aromatic N) is 5. The maximum absolute atomic E-state index is 8.65. The molecule has 0 spiro atoms. The third-order valence-corrected chi connectivity index (χ3v) is 5.12. The summed E-state index contributed by atoms with van der Waals surface area (Å²) in [6, 6.07) is 2.19. The Morgan fingerprint density at radius 2 is 2.13 bits per heavy atom. The summed E-state index contributed by atoms with van der Waals surface area (Å²) in [5.74, 6) is 1.81. The van der Waals surface area contributed by atoms with Gasteiger partial charge in [-0.1, -0.05) is 11.8 Å². The summed E-state index contributed by atoms with van der Waals surface area (Å²) in [6.07, 6.45) is 3.94. The number of aromatic nitrogens is 3. The molecule has 0 bridgehead atoms. The van der Waals surface area contributed by atoms with E-state index in [0.29, 0.717) is 6.42 Å². The highest BCUT2D eigenvalue weighted by Gasteiger charge is 2.24. The van der Waals surface area contributed by atoms with Crippen molar-refractivity contribution in [3.8, 4) is 6.07 Å². The molecule has 0 aliphatic carbocycles. The Bertz CT molecular complexity index is 532. The van der Waals surface area contributed by atoms with E-state index in [1.165, 1.54) is 0 Å². The van der Waals surface area contributed by atoms with Gasteiger partial charge in [0, 0.05) is 31.9 Å². The molecule has 2 aliphatic rings. The van der Waals surface area contributed by atoms with Crippen LogP contribution in [0.2, 0.25) is 0 Å². The number of ether oxygens (including phenoxy) is 2. The highest BCUT2D eigenvalue weighted by Crippen LogP contribution is 2.26. The molecule has 0 unspecified atom stereocenters. The molecule has 2 aliphatic heterocycles. The first kappa shape index (κ1) is 16.6. The zero-order chi connectivity index (χ0) is 15.9. The Labute approximate surface area is 140 Å². The Morgan fingerprint density at radius 1 is 1.26 bits per heavy atom. The minimum Gasteiger partial charge on any atom is -0.378 e. The summed E-state index contributed by atoms with van der Waals surface area (Å²) in [4.78, 5) is 2.24. The Balaban J connectivity index is 1.71. The second kappa shape index (κ2) is 8.52. The third kappa shape index (κ3) is 4.37. The number of unbranched alkanes of at least 4 members (excludes halogenated alkanes) is 1. The number of rotatable bonds is 7. The van der Waals surface area contributed by atoms with E-state index >= 15 is 0 Å². The van der Waals surface area contributed by atoms with Crippen LogP contribution in [0, 0.1) is 11.3 Å². The van der Waals surface area contributed by atoms with Gasteiger partial charge in [0.1, 0.15) is 0 Å².